The van der Waals surface area contributed by atoms with Crippen LogP contribution in [-0.4, -0.2) is 48.2 Å². The van der Waals surface area contributed by atoms with E-state index in [0.717, 1.165) is 32.0 Å². The molecule has 1 saturated carbocycles. The van der Waals surface area contributed by atoms with Crippen LogP contribution in [0.5, 0.6) is 0 Å². The predicted molar refractivity (Wildman–Crippen MR) is 76.2 cm³/mol. The maximum atomic E-state index is 10.9. The Labute approximate surface area is 120 Å². The van der Waals surface area contributed by atoms with Crippen LogP contribution in [0, 0.1) is 23.2 Å². The molecule has 1 heterocycles. The maximum absolute atomic E-state index is 10.9. The number of nitrogens with zero attached hydrogens (tertiary/aromatic N) is 2. The number of nitriles is 1. The van der Waals surface area contributed by atoms with E-state index in [1.807, 2.05) is 0 Å². The van der Waals surface area contributed by atoms with Crippen LogP contribution in [0.25, 0.3) is 0 Å². The second kappa shape index (κ2) is 7.61. The quantitative estimate of drug-likeness (QED) is 0.720. The highest BCUT2D eigenvalue weighted by molar-refractivity contribution is 5.67. The number of nitrogens with one attached hydrogen (secondary N) is 1. The van der Waals surface area contributed by atoms with Crippen LogP contribution in [0.2, 0.25) is 0 Å². The molecule has 1 aliphatic heterocycles. The molecule has 0 aromatic carbocycles. The van der Waals surface area contributed by atoms with Crippen molar-refractivity contribution in [1.82, 2.24) is 10.2 Å². The van der Waals surface area contributed by atoms with Crippen molar-refractivity contribution in [2.75, 3.05) is 26.2 Å². The van der Waals surface area contributed by atoms with Gasteiger partial charge in [-0.1, -0.05) is 12.8 Å². The average molecular weight is 279 g/mol. The Morgan fingerprint density at radius 3 is 2.70 bits per heavy atom. The Balaban J connectivity index is 1.82. The van der Waals surface area contributed by atoms with Gasteiger partial charge in [-0.05, 0) is 37.6 Å². The van der Waals surface area contributed by atoms with Crippen LogP contribution >= 0.6 is 0 Å². The largest absolute Gasteiger partial charge is 0.481 e. The third-order valence-corrected chi connectivity index (χ3v) is 4.54. The summed E-state index contributed by atoms with van der Waals surface area (Å²) < 4.78 is 0. The number of aliphatic carboxylic acids is 1. The van der Waals surface area contributed by atoms with E-state index in [1.54, 1.807) is 0 Å². The molecule has 0 radical (unpaired) electrons. The first-order valence-electron chi connectivity index (χ1n) is 7.72. The van der Waals surface area contributed by atoms with Gasteiger partial charge in [0, 0.05) is 25.6 Å². The fraction of sp³-hybridized carbons (Fsp3) is 0.867. The lowest BCUT2D eigenvalue weighted by molar-refractivity contribution is -0.138. The standard InChI is InChI=1S/C15H25N3O2/c16-5-6-18-10-13(8-15(19)20)7-14(11-18)17-9-12-3-1-2-4-12/h12-14,17H,1-4,6-11H2,(H,19,20). The number of carboxylic acid groups (broad SMARTS) is 1. The zero-order valence-electron chi connectivity index (χ0n) is 12.1. The lowest BCUT2D eigenvalue weighted by atomic mass is 9.91. The summed E-state index contributed by atoms with van der Waals surface area (Å²) in [7, 11) is 0. The van der Waals surface area contributed by atoms with E-state index < -0.39 is 5.97 Å². The minimum atomic E-state index is -0.733. The van der Waals surface area contributed by atoms with Crippen molar-refractivity contribution >= 4 is 5.97 Å². The van der Waals surface area contributed by atoms with Gasteiger partial charge < -0.3 is 10.4 Å². The van der Waals surface area contributed by atoms with Crippen LogP contribution in [0.3, 0.4) is 0 Å². The fourth-order valence-corrected chi connectivity index (χ4v) is 3.62. The number of rotatable bonds is 6. The monoisotopic (exact) mass is 279 g/mol. The maximum Gasteiger partial charge on any atom is 0.303 e. The molecule has 0 spiro atoms. The van der Waals surface area contributed by atoms with Gasteiger partial charge in [0.2, 0.25) is 0 Å². The first-order valence-corrected chi connectivity index (χ1v) is 7.72. The molecule has 2 rings (SSSR count). The highest BCUT2D eigenvalue weighted by Crippen LogP contribution is 2.25. The molecule has 1 saturated heterocycles. The molecule has 0 amide bonds. The van der Waals surface area contributed by atoms with Gasteiger partial charge in [-0.25, -0.2) is 0 Å². The van der Waals surface area contributed by atoms with E-state index >= 15 is 0 Å². The second-order valence-electron chi connectivity index (χ2n) is 6.31. The smallest absolute Gasteiger partial charge is 0.303 e. The molecule has 5 heteroatoms. The van der Waals surface area contributed by atoms with Gasteiger partial charge in [-0.2, -0.15) is 5.26 Å². The molecule has 0 aromatic rings. The average Bonchev–Trinajstić information content (AvgIpc) is 2.89. The van der Waals surface area contributed by atoms with E-state index in [1.165, 1.54) is 25.7 Å². The van der Waals surface area contributed by atoms with E-state index in [-0.39, 0.29) is 12.3 Å². The van der Waals surface area contributed by atoms with Crippen LogP contribution in [-0.2, 0) is 4.79 Å². The zero-order valence-corrected chi connectivity index (χ0v) is 12.1. The summed E-state index contributed by atoms with van der Waals surface area (Å²) in [4.78, 5) is 13.0. The second-order valence-corrected chi connectivity index (χ2v) is 6.31. The molecule has 0 aromatic heterocycles. The van der Waals surface area contributed by atoms with Gasteiger partial charge in [0.05, 0.1) is 12.6 Å². The molecule has 2 N–H and O–H groups in total. The molecule has 5 nitrogen and oxygen atoms in total. The third kappa shape index (κ3) is 4.77. The topological polar surface area (TPSA) is 76.4 Å². The van der Waals surface area contributed by atoms with Crippen molar-refractivity contribution in [2.45, 2.75) is 44.6 Å². The van der Waals surface area contributed by atoms with Crippen LogP contribution in [0.15, 0.2) is 0 Å². The minimum Gasteiger partial charge on any atom is -0.481 e. The van der Waals surface area contributed by atoms with E-state index in [9.17, 15) is 4.79 Å². The Morgan fingerprint density at radius 1 is 1.30 bits per heavy atom. The summed E-state index contributed by atoms with van der Waals surface area (Å²) in [6.07, 6.45) is 6.46. The minimum absolute atomic E-state index is 0.163. The molecule has 2 fully saturated rings. The summed E-state index contributed by atoms with van der Waals surface area (Å²) in [5, 5.41) is 21.4. The van der Waals surface area contributed by atoms with E-state index in [2.05, 4.69) is 16.3 Å². The van der Waals surface area contributed by atoms with Crippen molar-refractivity contribution in [3.63, 3.8) is 0 Å². The first-order chi connectivity index (χ1) is 9.67. The molecule has 1 aliphatic carbocycles. The SMILES string of the molecule is N#CCN1CC(CC(=O)O)CC(NCC2CCCC2)C1. The van der Waals surface area contributed by atoms with E-state index in [4.69, 9.17) is 10.4 Å². The fourth-order valence-electron chi connectivity index (χ4n) is 3.62. The van der Waals surface area contributed by atoms with Gasteiger partial charge in [-0.3, -0.25) is 9.69 Å². The Bertz CT molecular complexity index is 361. The number of hydrogen-bond donors (Lipinski definition) is 2. The van der Waals surface area contributed by atoms with Gasteiger partial charge >= 0.3 is 5.97 Å². The zero-order chi connectivity index (χ0) is 14.4. The van der Waals surface area contributed by atoms with Crippen molar-refractivity contribution in [3.05, 3.63) is 0 Å². The predicted octanol–water partition coefficient (Wildman–Crippen LogP) is 1.45. The Morgan fingerprint density at radius 2 is 2.05 bits per heavy atom. The number of hydrogen-bond acceptors (Lipinski definition) is 4. The van der Waals surface area contributed by atoms with Crippen LogP contribution < -0.4 is 5.32 Å². The summed E-state index contributed by atoms with van der Waals surface area (Å²) in [5.74, 6) is 0.221. The molecule has 2 aliphatic rings. The molecule has 112 valence electrons. The van der Waals surface area contributed by atoms with E-state index in [0.29, 0.717) is 12.6 Å². The number of likely N-dealkylation sites (tertiary alicyclic amines) is 1. The van der Waals surface area contributed by atoms with Crippen molar-refractivity contribution in [3.8, 4) is 6.07 Å². The summed E-state index contributed by atoms with van der Waals surface area (Å²) >= 11 is 0. The lowest BCUT2D eigenvalue weighted by Gasteiger charge is -2.37. The summed E-state index contributed by atoms with van der Waals surface area (Å²) in [6.45, 7) is 3.06. The normalized spacial score (nSPS) is 28.4. The van der Waals surface area contributed by atoms with Crippen LogP contribution in [0.1, 0.15) is 38.5 Å². The van der Waals surface area contributed by atoms with Gasteiger partial charge in [-0.15, -0.1) is 0 Å². The highest BCUT2D eigenvalue weighted by atomic mass is 16.4. The van der Waals surface area contributed by atoms with Gasteiger partial charge in [0.1, 0.15) is 0 Å². The van der Waals surface area contributed by atoms with Crippen molar-refractivity contribution in [2.24, 2.45) is 11.8 Å². The Kier molecular flexibility index (Phi) is 5.81. The third-order valence-electron chi connectivity index (χ3n) is 4.54. The van der Waals surface area contributed by atoms with Crippen molar-refractivity contribution < 1.29 is 9.90 Å². The number of carbonyl (C=O) groups is 1. The van der Waals surface area contributed by atoms with Gasteiger partial charge in [0.25, 0.3) is 0 Å². The highest BCUT2D eigenvalue weighted by Gasteiger charge is 2.29. The first kappa shape index (κ1) is 15.3. The summed E-state index contributed by atoms with van der Waals surface area (Å²) in [5.41, 5.74) is 0. The molecular formula is C15H25N3O2. The van der Waals surface area contributed by atoms with Crippen molar-refractivity contribution in [1.29, 1.82) is 5.26 Å². The van der Waals surface area contributed by atoms with Gasteiger partial charge in [0.15, 0.2) is 0 Å². The Hall–Kier alpha value is -1.12. The summed E-state index contributed by atoms with van der Waals surface area (Å²) in [6, 6.07) is 2.52. The molecule has 2 atom stereocenters. The number of carboxylic acids is 1. The molecule has 0 bridgehead atoms. The number of piperidine rings is 1. The van der Waals surface area contributed by atoms with Crippen LogP contribution in [0.4, 0.5) is 0 Å². The molecule has 20 heavy (non-hydrogen) atoms. The molecule has 2 unspecified atom stereocenters. The lowest BCUT2D eigenvalue weighted by Crippen LogP contribution is -2.50. The molecular weight excluding hydrogens is 254 g/mol.